The summed E-state index contributed by atoms with van der Waals surface area (Å²) >= 11 is 1.63. The summed E-state index contributed by atoms with van der Waals surface area (Å²) in [5, 5.41) is 11.7. The molecule has 3 heterocycles. The lowest BCUT2D eigenvalue weighted by Crippen LogP contribution is -2.34. The first kappa shape index (κ1) is 12.6. The number of hydrogen-bond donors (Lipinski definition) is 0. The van der Waals surface area contributed by atoms with Gasteiger partial charge < -0.3 is 9.47 Å². The minimum absolute atomic E-state index is 0.307. The predicted molar refractivity (Wildman–Crippen MR) is 76.5 cm³/mol. The second-order valence-electron chi connectivity index (χ2n) is 5.10. The summed E-state index contributed by atoms with van der Waals surface area (Å²) in [4.78, 5) is 8.92. The van der Waals surface area contributed by atoms with E-state index in [1.54, 1.807) is 11.3 Å². The van der Waals surface area contributed by atoms with Crippen LogP contribution in [0.4, 0.5) is 5.13 Å². The highest BCUT2D eigenvalue weighted by molar-refractivity contribution is 7.14. The molecule has 1 aliphatic heterocycles. The van der Waals surface area contributed by atoms with Crippen LogP contribution in [0.3, 0.4) is 0 Å². The first-order chi connectivity index (χ1) is 9.08. The van der Waals surface area contributed by atoms with E-state index in [0.717, 1.165) is 35.6 Å². The third-order valence-electron chi connectivity index (χ3n) is 3.59. The highest BCUT2D eigenvalue weighted by Gasteiger charge is 2.26. The molecule has 2 aromatic heterocycles. The van der Waals surface area contributed by atoms with Crippen molar-refractivity contribution in [3.63, 3.8) is 0 Å². The normalized spacial score (nSPS) is 19.5. The number of thiazole rings is 1. The van der Waals surface area contributed by atoms with Crippen LogP contribution < -0.4 is 4.90 Å². The number of rotatable bonds is 2. The molecule has 0 bridgehead atoms. The van der Waals surface area contributed by atoms with E-state index < -0.39 is 0 Å². The topological polar surface area (TPSA) is 50.1 Å². The molecule has 0 spiro atoms. The van der Waals surface area contributed by atoms with Crippen LogP contribution in [0.15, 0.2) is 5.38 Å². The molecule has 1 aliphatic rings. The van der Waals surface area contributed by atoms with E-state index in [-0.39, 0.29) is 0 Å². The molecule has 1 atom stereocenters. The molecule has 2 aromatic rings. The van der Waals surface area contributed by atoms with Gasteiger partial charge in [-0.2, -0.15) is 0 Å². The van der Waals surface area contributed by atoms with Crippen LogP contribution in [-0.4, -0.2) is 52.3 Å². The molecular weight excluding hydrogens is 260 g/mol. The van der Waals surface area contributed by atoms with E-state index in [9.17, 15) is 0 Å². The Balaban J connectivity index is 2.00. The van der Waals surface area contributed by atoms with E-state index in [0.29, 0.717) is 6.04 Å². The standard InChI is InChI=1S/C12H18N6S/c1-8-10-14-15-11(18(10)6-5-17(8)4)9-7-19-12(13-9)16(2)3/h7-8H,5-6H2,1-4H3/t8-/m1/s1. The highest BCUT2D eigenvalue weighted by atomic mass is 32.1. The van der Waals surface area contributed by atoms with E-state index in [2.05, 4.69) is 44.0 Å². The van der Waals surface area contributed by atoms with Crippen LogP contribution in [0.5, 0.6) is 0 Å². The maximum Gasteiger partial charge on any atom is 0.185 e. The van der Waals surface area contributed by atoms with Crippen molar-refractivity contribution in [3.05, 3.63) is 11.2 Å². The summed E-state index contributed by atoms with van der Waals surface area (Å²) in [6.07, 6.45) is 0. The van der Waals surface area contributed by atoms with Crippen molar-refractivity contribution in [1.82, 2.24) is 24.6 Å². The Morgan fingerprint density at radius 1 is 1.32 bits per heavy atom. The van der Waals surface area contributed by atoms with Crippen LogP contribution in [-0.2, 0) is 6.54 Å². The van der Waals surface area contributed by atoms with Gasteiger partial charge in [0, 0.05) is 32.6 Å². The van der Waals surface area contributed by atoms with Gasteiger partial charge in [-0.15, -0.1) is 21.5 Å². The predicted octanol–water partition coefficient (Wildman–Crippen LogP) is 1.47. The molecule has 19 heavy (non-hydrogen) atoms. The second-order valence-corrected chi connectivity index (χ2v) is 5.94. The van der Waals surface area contributed by atoms with Crippen LogP contribution in [0.1, 0.15) is 18.8 Å². The molecule has 7 heteroatoms. The van der Waals surface area contributed by atoms with Gasteiger partial charge in [-0.05, 0) is 14.0 Å². The van der Waals surface area contributed by atoms with Crippen molar-refractivity contribution in [2.24, 2.45) is 0 Å². The molecule has 0 fully saturated rings. The molecule has 0 aromatic carbocycles. The zero-order valence-corrected chi connectivity index (χ0v) is 12.5. The van der Waals surface area contributed by atoms with Gasteiger partial charge in [0.15, 0.2) is 11.0 Å². The number of anilines is 1. The van der Waals surface area contributed by atoms with E-state index >= 15 is 0 Å². The fraction of sp³-hybridized carbons (Fsp3) is 0.583. The van der Waals surface area contributed by atoms with Crippen molar-refractivity contribution in [2.75, 3.05) is 32.6 Å². The lowest BCUT2D eigenvalue weighted by molar-refractivity contribution is 0.206. The van der Waals surface area contributed by atoms with Gasteiger partial charge in [0.1, 0.15) is 11.5 Å². The molecule has 102 valence electrons. The van der Waals surface area contributed by atoms with E-state index in [1.807, 2.05) is 19.0 Å². The average Bonchev–Trinajstić information content (AvgIpc) is 2.99. The van der Waals surface area contributed by atoms with Gasteiger partial charge in [0.25, 0.3) is 0 Å². The Labute approximate surface area is 116 Å². The molecular formula is C12H18N6S. The summed E-state index contributed by atoms with van der Waals surface area (Å²) in [7, 11) is 6.12. The van der Waals surface area contributed by atoms with Gasteiger partial charge in [-0.25, -0.2) is 4.98 Å². The minimum atomic E-state index is 0.307. The molecule has 6 nitrogen and oxygen atoms in total. The smallest absolute Gasteiger partial charge is 0.185 e. The number of hydrogen-bond acceptors (Lipinski definition) is 6. The number of aromatic nitrogens is 4. The Hall–Kier alpha value is -1.47. The molecule has 0 N–H and O–H groups in total. The number of fused-ring (bicyclic) bond motifs is 1. The molecule has 0 amide bonds. The zero-order chi connectivity index (χ0) is 13.6. The number of nitrogens with zero attached hydrogens (tertiary/aromatic N) is 6. The Morgan fingerprint density at radius 2 is 2.11 bits per heavy atom. The maximum absolute atomic E-state index is 4.61. The van der Waals surface area contributed by atoms with Crippen LogP contribution >= 0.6 is 11.3 Å². The average molecular weight is 278 g/mol. The molecule has 0 radical (unpaired) electrons. The molecule has 0 unspecified atom stereocenters. The van der Waals surface area contributed by atoms with Crippen LogP contribution in [0, 0.1) is 0 Å². The first-order valence-corrected chi connectivity index (χ1v) is 7.22. The second kappa shape index (κ2) is 4.57. The van der Waals surface area contributed by atoms with Gasteiger partial charge in [-0.3, -0.25) is 4.90 Å². The van der Waals surface area contributed by atoms with Crippen molar-refractivity contribution >= 4 is 16.5 Å². The molecule has 0 saturated carbocycles. The monoisotopic (exact) mass is 278 g/mol. The quantitative estimate of drug-likeness (QED) is 0.832. The minimum Gasteiger partial charge on any atom is -0.354 e. The summed E-state index contributed by atoms with van der Waals surface area (Å²) < 4.78 is 2.19. The zero-order valence-electron chi connectivity index (χ0n) is 11.7. The van der Waals surface area contributed by atoms with Gasteiger partial charge in [0.05, 0.1) is 6.04 Å². The lowest BCUT2D eigenvalue weighted by Gasteiger charge is -2.29. The van der Waals surface area contributed by atoms with Gasteiger partial charge in [0.2, 0.25) is 0 Å². The van der Waals surface area contributed by atoms with Crippen LogP contribution in [0.2, 0.25) is 0 Å². The summed E-state index contributed by atoms with van der Waals surface area (Å²) in [5.74, 6) is 1.92. The first-order valence-electron chi connectivity index (χ1n) is 6.34. The maximum atomic E-state index is 4.61. The Morgan fingerprint density at radius 3 is 2.79 bits per heavy atom. The largest absolute Gasteiger partial charge is 0.354 e. The van der Waals surface area contributed by atoms with Crippen molar-refractivity contribution in [1.29, 1.82) is 0 Å². The lowest BCUT2D eigenvalue weighted by atomic mass is 10.2. The number of likely N-dealkylation sites (N-methyl/N-ethyl adjacent to an activating group) is 1. The molecule has 3 rings (SSSR count). The molecule has 0 saturated heterocycles. The highest BCUT2D eigenvalue weighted by Crippen LogP contribution is 2.29. The van der Waals surface area contributed by atoms with Crippen molar-refractivity contribution in [2.45, 2.75) is 19.5 Å². The van der Waals surface area contributed by atoms with Gasteiger partial charge >= 0.3 is 0 Å². The van der Waals surface area contributed by atoms with Crippen molar-refractivity contribution < 1.29 is 0 Å². The fourth-order valence-corrected chi connectivity index (χ4v) is 2.99. The summed E-state index contributed by atoms with van der Waals surface area (Å²) in [5.41, 5.74) is 0.921. The third kappa shape index (κ3) is 2.02. The fourth-order valence-electron chi connectivity index (χ4n) is 2.25. The Kier molecular flexibility index (Phi) is 3.02. The summed E-state index contributed by atoms with van der Waals surface area (Å²) in [6.45, 7) is 4.10. The Bertz CT molecular complexity index is 587. The SMILES string of the molecule is C[C@@H]1c2nnc(-c3csc(N(C)C)n3)n2CCN1C. The molecule has 0 aliphatic carbocycles. The third-order valence-corrected chi connectivity index (χ3v) is 4.60. The van der Waals surface area contributed by atoms with Crippen LogP contribution in [0.25, 0.3) is 11.5 Å². The van der Waals surface area contributed by atoms with Gasteiger partial charge in [-0.1, -0.05) is 0 Å². The summed E-state index contributed by atoms with van der Waals surface area (Å²) in [6, 6.07) is 0.307. The van der Waals surface area contributed by atoms with E-state index in [1.165, 1.54) is 0 Å². The van der Waals surface area contributed by atoms with E-state index in [4.69, 9.17) is 0 Å². The van der Waals surface area contributed by atoms with Crippen molar-refractivity contribution in [3.8, 4) is 11.5 Å².